The molecule has 3 aromatic carbocycles. The molecule has 1 aromatic heterocycles. The summed E-state index contributed by atoms with van der Waals surface area (Å²) in [5.41, 5.74) is 4.17. The van der Waals surface area contributed by atoms with Gasteiger partial charge < -0.3 is 15.0 Å². The summed E-state index contributed by atoms with van der Waals surface area (Å²) >= 11 is 0. The van der Waals surface area contributed by atoms with Gasteiger partial charge in [0.15, 0.2) is 0 Å². The molecule has 6 heteroatoms. The van der Waals surface area contributed by atoms with Crippen molar-refractivity contribution in [3.8, 4) is 0 Å². The Morgan fingerprint density at radius 1 is 0.943 bits per heavy atom. The van der Waals surface area contributed by atoms with Crippen molar-refractivity contribution in [2.24, 2.45) is 5.92 Å². The van der Waals surface area contributed by atoms with E-state index >= 15 is 0 Å². The highest BCUT2D eigenvalue weighted by Crippen LogP contribution is 2.38. The number of benzene rings is 3. The maximum Gasteiger partial charge on any atom is 0.305 e. The van der Waals surface area contributed by atoms with Crippen LogP contribution in [0.25, 0.3) is 11.0 Å². The summed E-state index contributed by atoms with van der Waals surface area (Å²) in [6.45, 7) is 0. The molecule has 2 unspecified atom stereocenters. The zero-order valence-electron chi connectivity index (χ0n) is 19.5. The summed E-state index contributed by atoms with van der Waals surface area (Å²) in [7, 11) is 0. The van der Waals surface area contributed by atoms with Crippen LogP contribution in [0.1, 0.15) is 55.2 Å². The van der Waals surface area contributed by atoms with Gasteiger partial charge in [-0.1, -0.05) is 73.5 Å². The molecule has 35 heavy (non-hydrogen) atoms. The fraction of sp³-hybridized carbons (Fsp3) is 0.276. The molecular formula is C29H29N3O3. The summed E-state index contributed by atoms with van der Waals surface area (Å²) in [5.74, 6) is -0.737. The van der Waals surface area contributed by atoms with Crippen LogP contribution in [0.3, 0.4) is 0 Å². The van der Waals surface area contributed by atoms with Gasteiger partial charge in [-0.25, -0.2) is 4.98 Å². The Hall–Kier alpha value is -3.93. The zero-order valence-corrected chi connectivity index (χ0v) is 19.5. The second-order valence-electron chi connectivity index (χ2n) is 9.30. The molecule has 4 aromatic rings. The van der Waals surface area contributed by atoms with Crippen molar-refractivity contribution in [1.29, 1.82) is 0 Å². The number of nitrogens with zero attached hydrogens (tertiary/aromatic N) is 2. The number of carboxylic acid groups (broad SMARTS) is 1. The van der Waals surface area contributed by atoms with E-state index in [0.717, 1.165) is 47.8 Å². The van der Waals surface area contributed by atoms with Gasteiger partial charge in [0.05, 0.1) is 35.7 Å². The highest BCUT2D eigenvalue weighted by Gasteiger charge is 2.32. The first kappa shape index (κ1) is 22.8. The molecule has 1 saturated carbocycles. The lowest BCUT2D eigenvalue weighted by atomic mass is 9.84. The SMILES string of the molecule is O=C(O)CC(c1ccccc1)n1cnc2ccc(NC(=O)C(c3ccccc3)C3CCCC3)cc21. The molecule has 1 fully saturated rings. The number of amides is 1. The third-order valence-corrected chi connectivity index (χ3v) is 7.04. The minimum absolute atomic E-state index is 0.00124. The first-order chi connectivity index (χ1) is 17.1. The molecule has 2 N–H and O–H groups in total. The number of hydrogen-bond acceptors (Lipinski definition) is 3. The zero-order chi connectivity index (χ0) is 24.2. The Labute approximate surface area is 204 Å². The number of carboxylic acids is 1. The predicted octanol–water partition coefficient (Wildman–Crippen LogP) is 6.01. The van der Waals surface area contributed by atoms with Crippen LogP contribution >= 0.6 is 0 Å². The van der Waals surface area contributed by atoms with Crippen molar-refractivity contribution in [3.05, 3.63) is 96.3 Å². The van der Waals surface area contributed by atoms with Crippen LogP contribution in [0.4, 0.5) is 5.69 Å². The number of fused-ring (bicyclic) bond motifs is 1. The molecule has 1 aliphatic carbocycles. The Morgan fingerprint density at radius 2 is 1.60 bits per heavy atom. The standard InChI is InChI=1S/C29H29N3O3/c33-27(34)18-25(20-9-3-1-4-10-20)32-19-30-24-16-15-23(17-26(24)32)31-29(35)28(22-13-7-8-14-22)21-11-5-2-6-12-21/h1-6,9-12,15-17,19,22,25,28H,7-8,13-14,18H2,(H,31,35)(H,33,34). The Kier molecular flexibility index (Phi) is 6.62. The Balaban J connectivity index is 1.47. The third kappa shape index (κ3) is 4.97. The van der Waals surface area contributed by atoms with Gasteiger partial charge in [0.1, 0.15) is 0 Å². The van der Waals surface area contributed by atoms with Crippen LogP contribution in [0, 0.1) is 5.92 Å². The molecule has 1 aliphatic rings. The fourth-order valence-corrected chi connectivity index (χ4v) is 5.38. The molecule has 0 saturated heterocycles. The summed E-state index contributed by atoms with van der Waals surface area (Å²) in [4.78, 5) is 29.7. The summed E-state index contributed by atoms with van der Waals surface area (Å²) < 4.78 is 1.89. The van der Waals surface area contributed by atoms with E-state index in [0.29, 0.717) is 11.6 Å². The van der Waals surface area contributed by atoms with E-state index in [1.54, 1.807) is 6.33 Å². The van der Waals surface area contributed by atoms with Crippen molar-refractivity contribution in [3.63, 3.8) is 0 Å². The monoisotopic (exact) mass is 467 g/mol. The number of anilines is 1. The van der Waals surface area contributed by atoms with Crippen LogP contribution in [-0.2, 0) is 9.59 Å². The summed E-state index contributed by atoms with van der Waals surface area (Å²) in [5, 5.41) is 12.7. The number of hydrogen-bond donors (Lipinski definition) is 2. The number of aromatic nitrogens is 2. The molecule has 0 radical (unpaired) electrons. The topological polar surface area (TPSA) is 84.2 Å². The Morgan fingerprint density at radius 3 is 2.26 bits per heavy atom. The molecule has 178 valence electrons. The van der Waals surface area contributed by atoms with E-state index < -0.39 is 12.0 Å². The average molecular weight is 468 g/mol. The van der Waals surface area contributed by atoms with Gasteiger partial charge in [0.2, 0.25) is 5.91 Å². The normalized spacial score (nSPS) is 15.7. The van der Waals surface area contributed by atoms with Gasteiger partial charge >= 0.3 is 5.97 Å². The minimum Gasteiger partial charge on any atom is -0.481 e. The minimum atomic E-state index is -0.882. The average Bonchev–Trinajstić information content (AvgIpc) is 3.54. The molecule has 5 rings (SSSR count). The fourth-order valence-electron chi connectivity index (χ4n) is 5.38. The van der Waals surface area contributed by atoms with Crippen LogP contribution in [0.5, 0.6) is 0 Å². The van der Waals surface area contributed by atoms with E-state index in [-0.39, 0.29) is 18.2 Å². The molecular weight excluding hydrogens is 438 g/mol. The number of nitrogens with one attached hydrogen (secondary N) is 1. The Bertz CT molecular complexity index is 1310. The van der Waals surface area contributed by atoms with E-state index in [2.05, 4.69) is 10.3 Å². The van der Waals surface area contributed by atoms with Gasteiger partial charge in [0, 0.05) is 5.69 Å². The predicted molar refractivity (Wildman–Crippen MR) is 136 cm³/mol. The van der Waals surface area contributed by atoms with E-state index in [4.69, 9.17) is 0 Å². The molecule has 0 aliphatic heterocycles. The highest BCUT2D eigenvalue weighted by molar-refractivity contribution is 5.97. The largest absolute Gasteiger partial charge is 0.481 e. The highest BCUT2D eigenvalue weighted by atomic mass is 16.4. The quantitative estimate of drug-likeness (QED) is 0.332. The van der Waals surface area contributed by atoms with Gasteiger partial charge in [-0.3, -0.25) is 9.59 Å². The molecule has 1 heterocycles. The van der Waals surface area contributed by atoms with Crippen molar-refractivity contribution >= 4 is 28.6 Å². The number of rotatable bonds is 8. The summed E-state index contributed by atoms with van der Waals surface area (Å²) in [6.07, 6.45) is 6.07. The molecule has 1 amide bonds. The number of carbonyl (C=O) groups is 2. The van der Waals surface area contributed by atoms with Crippen molar-refractivity contribution < 1.29 is 14.7 Å². The second kappa shape index (κ2) is 10.1. The first-order valence-corrected chi connectivity index (χ1v) is 12.2. The first-order valence-electron chi connectivity index (χ1n) is 12.2. The van der Waals surface area contributed by atoms with Crippen LogP contribution in [-0.4, -0.2) is 26.5 Å². The lowest BCUT2D eigenvalue weighted by molar-refractivity contribution is -0.137. The van der Waals surface area contributed by atoms with Crippen LogP contribution in [0.2, 0.25) is 0 Å². The van der Waals surface area contributed by atoms with Gasteiger partial charge in [-0.05, 0) is 48.1 Å². The number of carbonyl (C=O) groups excluding carboxylic acids is 1. The van der Waals surface area contributed by atoms with Crippen molar-refractivity contribution in [2.75, 3.05) is 5.32 Å². The number of imidazole rings is 1. The lowest BCUT2D eigenvalue weighted by Gasteiger charge is -2.23. The maximum atomic E-state index is 13.5. The van der Waals surface area contributed by atoms with Crippen LogP contribution in [0.15, 0.2) is 85.2 Å². The second-order valence-corrected chi connectivity index (χ2v) is 9.30. The van der Waals surface area contributed by atoms with Crippen LogP contribution < -0.4 is 5.32 Å². The van der Waals surface area contributed by atoms with E-state index in [9.17, 15) is 14.7 Å². The van der Waals surface area contributed by atoms with E-state index in [1.165, 1.54) is 0 Å². The van der Waals surface area contributed by atoms with Gasteiger partial charge in [0.25, 0.3) is 0 Å². The molecule has 0 bridgehead atoms. The van der Waals surface area contributed by atoms with Crippen molar-refractivity contribution in [2.45, 2.75) is 44.1 Å². The molecule has 0 spiro atoms. The van der Waals surface area contributed by atoms with Gasteiger partial charge in [-0.15, -0.1) is 0 Å². The summed E-state index contributed by atoms with van der Waals surface area (Å²) in [6, 6.07) is 24.8. The lowest BCUT2D eigenvalue weighted by Crippen LogP contribution is -2.26. The van der Waals surface area contributed by atoms with Gasteiger partial charge in [-0.2, -0.15) is 0 Å². The smallest absolute Gasteiger partial charge is 0.305 e. The number of aliphatic carboxylic acids is 1. The molecule has 6 nitrogen and oxygen atoms in total. The molecule has 2 atom stereocenters. The van der Waals surface area contributed by atoms with E-state index in [1.807, 2.05) is 83.4 Å². The third-order valence-electron chi connectivity index (χ3n) is 7.04. The maximum absolute atomic E-state index is 13.5. The van der Waals surface area contributed by atoms with Crippen molar-refractivity contribution in [1.82, 2.24) is 9.55 Å².